The first-order chi connectivity index (χ1) is 13.1. The van der Waals surface area contributed by atoms with E-state index in [4.69, 9.17) is 10.00 Å². The van der Waals surface area contributed by atoms with E-state index >= 15 is 0 Å². The highest BCUT2D eigenvalue weighted by Crippen LogP contribution is 2.51. The van der Waals surface area contributed by atoms with Crippen molar-refractivity contribution in [2.24, 2.45) is 0 Å². The minimum atomic E-state index is -1.87. The van der Waals surface area contributed by atoms with Gasteiger partial charge in [-0.05, 0) is 29.2 Å². The van der Waals surface area contributed by atoms with Gasteiger partial charge in [-0.2, -0.15) is 10.5 Å². The second-order valence-corrected chi connectivity index (χ2v) is 6.65. The topological polar surface area (TPSA) is 94.1 Å². The molecule has 0 radical (unpaired) electrons. The molecule has 2 atom stereocenters. The van der Waals surface area contributed by atoms with E-state index in [2.05, 4.69) is 0 Å². The monoisotopic (exact) mass is 360 g/mol. The Morgan fingerprint density at radius 3 is 2.63 bits per heavy atom. The number of rotatable bonds is 6. The molecule has 0 aliphatic heterocycles. The molecule has 1 N–H and O–H groups in total. The molecule has 2 aromatic rings. The molecule has 2 aromatic carbocycles. The molecule has 5 nitrogen and oxygen atoms in total. The number of aliphatic hydroxyl groups is 1. The van der Waals surface area contributed by atoms with Crippen molar-refractivity contribution in [3.8, 4) is 23.3 Å². The fourth-order valence-corrected chi connectivity index (χ4v) is 3.65. The molecule has 27 heavy (non-hydrogen) atoms. The van der Waals surface area contributed by atoms with Crippen LogP contribution in [-0.2, 0) is 4.74 Å². The quantitative estimate of drug-likeness (QED) is 0.478. The fraction of sp³-hybridized carbons (Fsp3) is 0.318. The van der Waals surface area contributed by atoms with Gasteiger partial charge in [0.15, 0.2) is 5.60 Å². The number of fused-ring (bicyclic) bond motifs is 3. The molecule has 3 rings (SSSR count). The second-order valence-electron chi connectivity index (χ2n) is 6.65. The van der Waals surface area contributed by atoms with E-state index in [0.29, 0.717) is 23.3 Å². The van der Waals surface area contributed by atoms with Gasteiger partial charge in [0.1, 0.15) is 0 Å². The van der Waals surface area contributed by atoms with Gasteiger partial charge in [-0.25, -0.2) is 4.79 Å². The number of ether oxygens (including phenoxy) is 1. The standard InChI is InChI=1S/C22H20N2O3/c1-2-3-13-27-21(25)18-10-6-9-17-19(18)15-7-4-5-8-16(15)20(17)22(26,14-24)11-12-23/h4-10,20,26H,2-3,11,13H2,1H3. The zero-order valence-corrected chi connectivity index (χ0v) is 15.1. The van der Waals surface area contributed by atoms with Crippen LogP contribution in [0.15, 0.2) is 42.5 Å². The number of carbonyl (C=O) groups excluding carboxylic acids is 1. The third-order valence-corrected chi connectivity index (χ3v) is 4.92. The van der Waals surface area contributed by atoms with E-state index in [0.717, 1.165) is 24.0 Å². The first kappa shape index (κ1) is 18.6. The Balaban J connectivity index is 2.15. The fourth-order valence-electron chi connectivity index (χ4n) is 3.65. The third kappa shape index (κ3) is 3.18. The molecule has 136 valence electrons. The summed E-state index contributed by atoms with van der Waals surface area (Å²) in [6.07, 6.45) is 1.39. The maximum absolute atomic E-state index is 12.6. The summed E-state index contributed by atoms with van der Waals surface area (Å²) in [6.45, 7) is 2.37. The van der Waals surface area contributed by atoms with Gasteiger partial charge in [-0.1, -0.05) is 49.7 Å². The summed E-state index contributed by atoms with van der Waals surface area (Å²) >= 11 is 0. The summed E-state index contributed by atoms with van der Waals surface area (Å²) in [4.78, 5) is 12.6. The van der Waals surface area contributed by atoms with Crippen molar-refractivity contribution in [3.63, 3.8) is 0 Å². The summed E-state index contributed by atoms with van der Waals surface area (Å²) in [5.41, 5.74) is 1.40. The van der Waals surface area contributed by atoms with Crippen LogP contribution in [0.1, 0.15) is 53.6 Å². The van der Waals surface area contributed by atoms with E-state index in [1.54, 1.807) is 18.2 Å². The number of benzene rings is 2. The molecule has 2 unspecified atom stereocenters. The lowest BCUT2D eigenvalue weighted by molar-refractivity contribution is 0.0500. The molecule has 0 bridgehead atoms. The number of carbonyl (C=O) groups is 1. The van der Waals surface area contributed by atoms with Crippen LogP contribution in [0.5, 0.6) is 0 Å². The number of hydrogen-bond acceptors (Lipinski definition) is 5. The van der Waals surface area contributed by atoms with E-state index in [1.807, 2.05) is 43.3 Å². The molecule has 0 heterocycles. The van der Waals surface area contributed by atoms with Crippen molar-refractivity contribution in [1.29, 1.82) is 10.5 Å². The third-order valence-electron chi connectivity index (χ3n) is 4.92. The molecular weight excluding hydrogens is 340 g/mol. The number of esters is 1. The smallest absolute Gasteiger partial charge is 0.338 e. The van der Waals surface area contributed by atoms with Gasteiger partial charge in [-0.15, -0.1) is 0 Å². The Morgan fingerprint density at radius 1 is 1.19 bits per heavy atom. The summed E-state index contributed by atoms with van der Waals surface area (Å²) < 4.78 is 5.38. The molecule has 0 spiro atoms. The van der Waals surface area contributed by atoms with Crippen LogP contribution in [0.3, 0.4) is 0 Å². The zero-order chi connectivity index (χ0) is 19.4. The van der Waals surface area contributed by atoms with Crippen LogP contribution < -0.4 is 0 Å². The molecule has 1 aliphatic carbocycles. The van der Waals surface area contributed by atoms with E-state index in [-0.39, 0.29) is 6.42 Å². The highest BCUT2D eigenvalue weighted by molar-refractivity contribution is 6.00. The summed E-state index contributed by atoms with van der Waals surface area (Å²) in [6, 6.07) is 16.4. The largest absolute Gasteiger partial charge is 0.462 e. The van der Waals surface area contributed by atoms with Crippen LogP contribution in [-0.4, -0.2) is 23.3 Å². The van der Waals surface area contributed by atoms with Crippen LogP contribution in [0.2, 0.25) is 0 Å². The number of hydrogen-bond donors (Lipinski definition) is 1. The summed E-state index contributed by atoms with van der Waals surface area (Å²) in [5.74, 6) is -1.12. The molecule has 0 saturated heterocycles. The van der Waals surface area contributed by atoms with Crippen molar-refractivity contribution in [2.75, 3.05) is 6.61 Å². The lowest BCUT2D eigenvalue weighted by Gasteiger charge is -2.26. The lowest BCUT2D eigenvalue weighted by Crippen LogP contribution is -2.34. The predicted octanol–water partition coefficient (Wildman–Crippen LogP) is 3.92. The van der Waals surface area contributed by atoms with E-state index in [1.165, 1.54) is 0 Å². The zero-order valence-electron chi connectivity index (χ0n) is 15.1. The predicted molar refractivity (Wildman–Crippen MR) is 99.7 cm³/mol. The van der Waals surface area contributed by atoms with Gasteiger partial charge < -0.3 is 9.84 Å². The van der Waals surface area contributed by atoms with E-state index < -0.39 is 17.5 Å². The van der Waals surface area contributed by atoms with Gasteiger partial charge in [0, 0.05) is 5.56 Å². The minimum absolute atomic E-state index is 0.326. The minimum Gasteiger partial charge on any atom is -0.462 e. The molecule has 0 aromatic heterocycles. The molecule has 0 fully saturated rings. The highest BCUT2D eigenvalue weighted by atomic mass is 16.5. The maximum Gasteiger partial charge on any atom is 0.338 e. The first-order valence-electron chi connectivity index (χ1n) is 8.97. The van der Waals surface area contributed by atoms with Gasteiger partial charge in [0.05, 0.1) is 36.6 Å². The average molecular weight is 360 g/mol. The second kappa shape index (κ2) is 7.61. The normalized spacial score (nSPS) is 16.4. The Labute approximate surface area is 158 Å². The average Bonchev–Trinajstić information content (AvgIpc) is 3.03. The first-order valence-corrected chi connectivity index (χ1v) is 8.97. The number of nitriles is 2. The Bertz CT molecular complexity index is 955. The highest BCUT2D eigenvalue weighted by Gasteiger charge is 2.45. The van der Waals surface area contributed by atoms with Crippen molar-refractivity contribution in [1.82, 2.24) is 0 Å². The molecular formula is C22H20N2O3. The van der Waals surface area contributed by atoms with Crippen LogP contribution in [0.4, 0.5) is 0 Å². The van der Waals surface area contributed by atoms with Gasteiger partial charge in [0.25, 0.3) is 0 Å². The van der Waals surface area contributed by atoms with Crippen molar-refractivity contribution in [3.05, 3.63) is 59.2 Å². The Hall–Kier alpha value is -3.15. The molecule has 1 aliphatic rings. The molecule has 0 amide bonds. The van der Waals surface area contributed by atoms with Crippen LogP contribution >= 0.6 is 0 Å². The van der Waals surface area contributed by atoms with Crippen molar-refractivity contribution < 1.29 is 14.6 Å². The summed E-state index contributed by atoms with van der Waals surface area (Å²) in [7, 11) is 0. The Morgan fingerprint density at radius 2 is 1.93 bits per heavy atom. The molecule has 5 heteroatoms. The SMILES string of the molecule is CCCCOC(=O)c1cccc2c1-c1ccccc1C2C(O)(C#N)CC#N. The van der Waals surface area contributed by atoms with Gasteiger partial charge in [-0.3, -0.25) is 0 Å². The van der Waals surface area contributed by atoms with Crippen molar-refractivity contribution >= 4 is 5.97 Å². The number of unbranched alkanes of at least 4 members (excludes halogenated alkanes) is 1. The van der Waals surface area contributed by atoms with Gasteiger partial charge in [0.2, 0.25) is 0 Å². The molecule has 0 saturated carbocycles. The van der Waals surface area contributed by atoms with Crippen LogP contribution in [0.25, 0.3) is 11.1 Å². The Kier molecular flexibility index (Phi) is 5.26. The van der Waals surface area contributed by atoms with Crippen LogP contribution in [0, 0.1) is 22.7 Å². The van der Waals surface area contributed by atoms with E-state index in [9.17, 15) is 15.2 Å². The lowest BCUT2D eigenvalue weighted by atomic mass is 9.79. The van der Waals surface area contributed by atoms with Crippen molar-refractivity contribution in [2.45, 2.75) is 37.7 Å². The number of nitrogens with zero attached hydrogens (tertiary/aromatic N) is 2. The maximum atomic E-state index is 12.6. The van der Waals surface area contributed by atoms with Gasteiger partial charge >= 0.3 is 5.97 Å². The summed E-state index contributed by atoms with van der Waals surface area (Å²) in [5, 5.41) is 29.6.